The number of hydrogen-bond donors (Lipinski definition) is 2. The lowest BCUT2D eigenvalue weighted by molar-refractivity contribution is 0.491. The second-order valence-corrected chi connectivity index (χ2v) is 4.56. The third-order valence-electron chi connectivity index (χ3n) is 3.26. The molecule has 0 spiro atoms. The zero-order valence-corrected chi connectivity index (χ0v) is 9.65. The fourth-order valence-corrected chi connectivity index (χ4v) is 2.34. The Balaban J connectivity index is 1.62. The Morgan fingerprint density at radius 2 is 2.06 bits per heavy atom. The van der Waals surface area contributed by atoms with Crippen LogP contribution >= 0.6 is 0 Å². The summed E-state index contributed by atoms with van der Waals surface area (Å²) < 4.78 is 0. The maximum absolute atomic E-state index is 5.46. The van der Waals surface area contributed by atoms with Crippen molar-refractivity contribution < 1.29 is 0 Å². The molecule has 2 rings (SSSR count). The smallest absolute Gasteiger partial charge is 0.148 e. The van der Waals surface area contributed by atoms with Crippen LogP contribution in [0, 0.1) is 5.92 Å². The van der Waals surface area contributed by atoms with Crippen LogP contribution in [-0.2, 0) is 0 Å². The van der Waals surface area contributed by atoms with E-state index in [1.807, 2.05) is 6.07 Å². The minimum Gasteiger partial charge on any atom is -0.382 e. The number of hydrogen-bond acceptors (Lipinski definition) is 4. The normalized spacial score (nSPS) is 16.5. The van der Waals surface area contributed by atoms with Crippen molar-refractivity contribution in [1.29, 1.82) is 0 Å². The van der Waals surface area contributed by atoms with Gasteiger partial charge in [0, 0.05) is 6.54 Å². The summed E-state index contributed by atoms with van der Waals surface area (Å²) >= 11 is 0. The summed E-state index contributed by atoms with van der Waals surface area (Å²) in [5, 5.41) is 11.0. The summed E-state index contributed by atoms with van der Waals surface area (Å²) in [7, 11) is 0. The van der Waals surface area contributed by atoms with Gasteiger partial charge in [-0.05, 0) is 30.9 Å². The Kier molecular flexibility index (Phi) is 3.97. The molecule has 0 aromatic carbocycles. The number of anilines is 2. The fourth-order valence-electron chi connectivity index (χ4n) is 2.34. The zero-order valence-electron chi connectivity index (χ0n) is 9.65. The van der Waals surface area contributed by atoms with Crippen molar-refractivity contribution in [3.8, 4) is 0 Å². The van der Waals surface area contributed by atoms with Crippen molar-refractivity contribution in [3.05, 3.63) is 12.1 Å². The van der Waals surface area contributed by atoms with Gasteiger partial charge in [0.1, 0.15) is 11.6 Å². The first-order valence-electron chi connectivity index (χ1n) is 6.17. The number of aromatic nitrogens is 2. The number of nitrogens with one attached hydrogen (secondary N) is 1. The Labute approximate surface area is 96.6 Å². The molecule has 1 aromatic rings. The lowest BCUT2D eigenvalue weighted by Crippen LogP contribution is -2.06. The molecule has 0 saturated heterocycles. The summed E-state index contributed by atoms with van der Waals surface area (Å²) in [6, 6.07) is 3.64. The van der Waals surface area contributed by atoms with Gasteiger partial charge in [-0.1, -0.05) is 25.7 Å². The summed E-state index contributed by atoms with van der Waals surface area (Å²) in [6.07, 6.45) is 8.29. The minimum atomic E-state index is 0.469. The van der Waals surface area contributed by atoms with Crippen molar-refractivity contribution in [2.45, 2.75) is 38.5 Å². The Bertz CT molecular complexity index is 303. The van der Waals surface area contributed by atoms with E-state index in [2.05, 4.69) is 15.5 Å². The molecule has 0 unspecified atom stereocenters. The van der Waals surface area contributed by atoms with E-state index in [1.54, 1.807) is 6.07 Å². The van der Waals surface area contributed by atoms with Crippen molar-refractivity contribution in [2.75, 3.05) is 17.6 Å². The van der Waals surface area contributed by atoms with Crippen LogP contribution < -0.4 is 11.1 Å². The topological polar surface area (TPSA) is 63.8 Å². The van der Waals surface area contributed by atoms with E-state index >= 15 is 0 Å². The molecule has 16 heavy (non-hydrogen) atoms. The molecule has 4 nitrogen and oxygen atoms in total. The number of rotatable bonds is 5. The highest BCUT2D eigenvalue weighted by molar-refractivity contribution is 5.38. The molecule has 1 aromatic heterocycles. The van der Waals surface area contributed by atoms with Gasteiger partial charge in [0.05, 0.1) is 0 Å². The van der Waals surface area contributed by atoms with E-state index in [0.29, 0.717) is 5.82 Å². The Morgan fingerprint density at radius 3 is 2.75 bits per heavy atom. The molecule has 1 fully saturated rings. The van der Waals surface area contributed by atoms with Crippen LogP contribution in [0.15, 0.2) is 12.1 Å². The van der Waals surface area contributed by atoms with Crippen LogP contribution in [0.4, 0.5) is 11.6 Å². The Morgan fingerprint density at radius 1 is 1.25 bits per heavy atom. The van der Waals surface area contributed by atoms with Gasteiger partial charge in [0.15, 0.2) is 0 Å². The third-order valence-corrected chi connectivity index (χ3v) is 3.26. The quantitative estimate of drug-likeness (QED) is 0.748. The average Bonchev–Trinajstić information content (AvgIpc) is 2.80. The van der Waals surface area contributed by atoms with E-state index < -0.39 is 0 Å². The predicted octanol–water partition coefficient (Wildman–Crippen LogP) is 2.44. The molecule has 1 aliphatic carbocycles. The van der Waals surface area contributed by atoms with Gasteiger partial charge in [-0.15, -0.1) is 10.2 Å². The Hall–Kier alpha value is -1.32. The van der Waals surface area contributed by atoms with Gasteiger partial charge in [-0.25, -0.2) is 0 Å². The van der Waals surface area contributed by atoms with E-state index in [4.69, 9.17) is 5.73 Å². The van der Waals surface area contributed by atoms with Crippen LogP contribution in [-0.4, -0.2) is 16.7 Å². The number of nitrogens with two attached hydrogens (primary N) is 1. The summed E-state index contributed by atoms with van der Waals surface area (Å²) in [5.74, 6) is 2.26. The molecule has 0 aliphatic heterocycles. The third kappa shape index (κ3) is 3.36. The molecular weight excluding hydrogens is 200 g/mol. The van der Waals surface area contributed by atoms with Crippen molar-refractivity contribution in [2.24, 2.45) is 5.92 Å². The highest BCUT2D eigenvalue weighted by Gasteiger charge is 2.13. The first-order valence-corrected chi connectivity index (χ1v) is 6.17. The molecule has 0 radical (unpaired) electrons. The molecule has 0 atom stereocenters. The van der Waals surface area contributed by atoms with Gasteiger partial charge in [-0.2, -0.15) is 0 Å². The predicted molar refractivity (Wildman–Crippen MR) is 66.1 cm³/mol. The van der Waals surface area contributed by atoms with Gasteiger partial charge in [0.2, 0.25) is 0 Å². The second kappa shape index (κ2) is 5.68. The zero-order chi connectivity index (χ0) is 11.2. The van der Waals surface area contributed by atoms with Gasteiger partial charge < -0.3 is 11.1 Å². The van der Waals surface area contributed by atoms with Crippen molar-refractivity contribution in [1.82, 2.24) is 10.2 Å². The lowest BCUT2D eigenvalue weighted by Gasteiger charge is -2.09. The largest absolute Gasteiger partial charge is 0.382 e. The maximum Gasteiger partial charge on any atom is 0.148 e. The molecular formula is C12H20N4. The van der Waals surface area contributed by atoms with Crippen LogP contribution in [0.5, 0.6) is 0 Å². The summed E-state index contributed by atoms with van der Waals surface area (Å²) in [4.78, 5) is 0. The summed E-state index contributed by atoms with van der Waals surface area (Å²) in [5.41, 5.74) is 5.46. The fraction of sp³-hybridized carbons (Fsp3) is 0.667. The molecule has 1 saturated carbocycles. The maximum atomic E-state index is 5.46. The molecule has 0 amide bonds. The highest BCUT2D eigenvalue weighted by Crippen LogP contribution is 2.28. The van der Waals surface area contributed by atoms with E-state index in [1.165, 1.54) is 38.5 Å². The van der Waals surface area contributed by atoms with Crippen LogP contribution in [0.2, 0.25) is 0 Å². The minimum absolute atomic E-state index is 0.469. The standard InChI is InChI=1S/C12H20N4/c13-11-7-8-12(16-15-11)14-9-3-6-10-4-1-2-5-10/h7-8,10H,1-6,9H2,(H2,13,15)(H,14,16). The van der Waals surface area contributed by atoms with Crippen LogP contribution in [0.25, 0.3) is 0 Å². The van der Waals surface area contributed by atoms with Gasteiger partial charge in [-0.3, -0.25) is 0 Å². The highest BCUT2D eigenvalue weighted by atomic mass is 15.2. The van der Waals surface area contributed by atoms with Crippen LogP contribution in [0.3, 0.4) is 0 Å². The van der Waals surface area contributed by atoms with Crippen LogP contribution in [0.1, 0.15) is 38.5 Å². The van der Waals surface area contributed by atoms with Gasteiger partial charge in [0.25, 0.3) is 0 Å². The van der Waals surface area contributed by atoms with E-state index in [-0.39, 0.29) is 0 Å². The summed E-state index contributed by atoms with van der Waals surface area (Å²) in [6.45, 7) is 0.981. The molecule has 4 heteroatoms. The molecule has 1 aliphatic rings. The molecule has 88 valence electrons. The van der Waals surface area contributed by atoms with E-state index in [9.17, 15) is 0 Å². The average molecular weight is 220 g/mol. The molecule has 3 N–H and O–H groups in total. The van der Waals surface area contributed by atoms with E-state index in [0.717, 1.165) is 18.3 Å². The first kappa shape index (κ1) is 11.2. The SMILES string of the molecule is Nc1ccc(NCCCC2CCCC2)nn1. The second-order valence-electron chi connectivity index (χ2n) is 4.56. The number of nitrogen functional groups attached to an aromatic ring is 1. The van der Waals surface area contributed by atoms with Crippen molar-refractivity contribution >= 4 is 11.6 Å². The van der Waals surface area contributed by atoms with Gasteiger partial charge >= 0.3 is 0 Å². The lowest BCUT2D eigenvalue weighted by atomic mass is 10.0. The van der Waals surface area contributed by atoms with Crippen molar-refractivity contribution in [3.63, 3.8) is 0 Å². The molecule has 1 heterocycles. The first-order chi connectivity index (χ1) is 7.84. The number of nitrogens with zero attached hydrogens (tertiary/aromatic N) is 2. The monoisotopic (exact) mass is 220 g/mol. The molecule has 0 bridgehead atoms.